The van der Waals surface area contributed by atoms with Gasteiger partial charge in [-0.3, -0.25) is 4.79 Å². The highest BCUT2D eigenvalue weighted by molar-refractivity contribution is 9.10. The molecule has 0 aliphatic carbocycles. The molecule has 2 aromatic carbocycles. The molecule has 0 saturated heterocycles. The van der Waals surface area contributed by atoms with E-state index < -0.39 is 0 Å². The van der Waals surface area contributed by atoms with Crippen molar-refractivity contribution in [3.63, 3.8) is 0 Å². The van der Waals surface area contributed by atoms with Gasteiger partial charge >= 0.3 is 0 Å². The number of rotatable bonds is 3. The monoisotopic (exact) mass is 398 g/mol. The van der Waals surface area contributed by atoms with E-state index in [2.05, 4.69) is 21.0 Å². The molecule has 0 atom stereocenters. The van der Waals surface area contributed by atoms with Crippen LogP contribution in [0.4, 0.5) is 5.69 Å². The minimum atomic E-state index is -0.118. The van der Waals surface area contributed by atoms with Crippen LogP contribution in [0.3, 0.4) is 0 Å². The molecule has 25 heavy (non-hydrogen) atoms. The van der Waals surface area contributed by atoms with Gasteiger partial charge in [-0.25, -0.2) is 0 Å². The number of hydrogen-bond donors (Lipinski definition) is 0. The molecular weight excluding hydrogens is 380 g/mol. The van der Waals surface area contributed by atoms with Crippen molar-refractivity contribution in [2.24, 2.45) is 5.10 Å². The quantitative estimate of drug-likeness (QED) is 0.691. The summed E-state index contributed by atoms with van der Waals surface area (Å²) >= 11 is 3.47. The molecule has 0 N–H and O–H groups in total. The molecule has 0 unspecified atom stereocenters. The highest BCUT2D eigenvalue weighted by Gasteiger charge is 2.28. The molecule has 0 bridgehead atoms. The zero-order chi connectivity index (χ0) is 18.1. The summed E-state index contributed by atoms with van der Waals surface area (Å²) in [6.07, 6.45) is 1.85. The molecule has 128 valence electrons. The molecule has 5 heteroatoms. The minimum Gasteiger partial charge on any atom is -0.496 e. The standard InChI is InChI=1S/C20H19BrN2O2/c1-12-5-7-16(9-13(12)2)23-20(24)17(14(3)22-23)10-15-6-8-19(25-4)18(21)11-15/h5-11H,1-4H3. The molecule has 3 rings (SSSR count). The Balaban J connectivity index is 1.94. The first-order valence-corrected chi connectivity index (χ1v) is 8.72. The summed E-state index contributed by atoms with van der Waals surface area (Å²) in [6, 6.07) is 11.6. The second-order valence-electron chi connectivity index (χ2n) is 6.02. The summed E-state index contributed by atoms with van der Waals surface area (Å²) in [6.45, 7) is 5.93. The number of methoxy groups -OCH3 is 1. The third-order valence-corrected chi connectivity index (χ3v) is 4.90. The van der Waals surface area contributed by atoms with Gasteiger partial charge < -0.3 is 4.74 Å². The second kappa shape index (κ2) is 6.84. The van der Waals surface area contributed by atoms with Crippen molar-refractivity contribution in [1.29, 1.82) is 0 Å². The van der Waals surface area contributed by atoms with Crippen LogP contribution >= 0.6 is 15.9 Å². The maximum Gasteiger partial charge on any atom is 0.280 e. The highest BCUT2D eigenvalue weighted by Crippen LogP contribution is 2.29. The van der Waals surface area contributed by atoms with Crippen LogP contribution in [0.1, 0.15) is 23.6 Å². The van der Waals surface area contributed by atoms with Gasteiger partial charge in [0, 0.05) is 0 Å². The predicted molar refractivity (Wildman–Crippen MR) is 105 cm³/mol. The number of benzene rings is 2. The molecule has 0 spiro atoms. The van der Waals surface area contributed by atoms with Crippen LogP contribution in [0.15, 0.2) is 51.5 Å². The first-order chi connectivity index (χ1) is 11.9. The first-order valence-electron chi connectivity index (χ1n) is 7.93. The summed E-state index contributed by atoms with van der Waals surface area (Å²) in [5.41, 5.74) is 5.31. The van der Waals surface area contributed by atoms with Gasteiger partial charge in [-0.1, -0.05) is 12.1 Å². The van der Waals surface area contributed by atoms with Gasteiger partial charge in [0.25, 0.3) is 5.91 Å². The Kier molecular flexibility index (Phi) is 4.77. The van der Waals surface area contributed by atoms with E-state index in [4.69, 9.17) is 4.74 Å². The number of aryl methyl sites for hydroxylation is 2. The van der Waals surface area contributed by atoms with Gasteiger partial charge in [0.15, 0.2) is 0 Å². The van der Waals surface area contributed by atoms with Crippen molar-refractivity contribution >= 4 is 39.3 Å². The van der Waals surface area contributed by atoms with Crippen molar-refractivity contribution in [3.05, 3.63) is 63.1 Å². The smallest absolute Gasteiger partial charge is 0.280 e. The van der Waals surface area contributed by atoms with E-state index in [0.29, 0.717) is 11.3 Å². The van der Waals surface area contributed by atoms with Crippen LogP contribution in [-0.4, -0.2) is 18.7 Å². The summed E-state index contributed by atoms with van der Waals surface area (Å²) in [7, 11) is 1.62. The zero-order valence-corrected chi connectivity index (χ0v) is 16.2. The first kappa shape index (κ1) is 17.4. The van der Waals surface area contributed by atoms with Crippen LogP contribution in [-0.2, 0) is 4.79 Å². The normalized spacial score (nSPS) is 15.7. The number of ether oxygens (including phenoxy) is 1. The Hall–Kier alpha value is -2.40. The number of amides is 1. The van der Waals surface area contributed by atoms with E-state index in [-0.39, 0.29) is 5.91 Å². The van der Waals surface area contributed by atoms with Crippen LogP contribution < -0.4 is 9.75 Å². The van der Waals surface area contributed by atoms with Crippen molar-refractivity contribution in [3.8, 4) is 5.75 Å². The van der Waals surface area contributed by atoms with Gasteiger partial charge in [0.05, 0.1) is 28.6 Å². The van der Waals surface area contributed by atoms with Gasteiger partial charge in [0.2, 0.25) is 0 Å². The number of hydrogen-bond acceptors (Lipinski definition) is 3. The van der Waals surface area contributed by atoms with E-state index in [9.17, 15) is 4.79 Å². The Morgan fingerprint density at radius 3 is 2.48 bits per heavy atom. The summed E-state index contributed by atoms with van der Waals surface area (Å²) in [4.78, 5) is 12.8. The average Bonchev–Trinajstić information content (AvgIpc) is 2.86. The SMILES string of the molecule is COc1ccc(C=C2C(=O)N(c3ccc(C)c(C)c3)N=C2C)cc1Br. The van der Waals surface area contributed by atoms with Crippen LogP contribution in [0, 0.1) is 13.8 Å². The average molecular weight is 399 g/mol. The molecule has 4 nitrogen and oxygen atoms in total. The Bertz CT molecular complexity index is 916. The number of carbonyl (C=O) groups is 1. The Labute approximate surface area is 155 Å². The van der Waals surface area contributed by atoms with Crippen LogP contribution in [0.25, 0.3) is 6.08 Å². The molecule has 1 amide bonds. The third-order valence-electron chi connectivity index (χ3n) is 4.28. The zero-order valence-electron chi connectivity index (χ0n) is 14.6. The van der Waals surface area contributed by atoms with Crippen molar-refractivity contribution in [2.45, 2.75) is 20.8 Å². The molecule has 2 aromatic rings. The van der Waals surface area contributed by atoms with Crippen molar-refractivity contribution in [2.75, 3.05) is 12.1 Å². The van der Waals surface area contributed by atoms with Crippen LogP contribution in [0.2, 0.25) is 0 Å². The third kappa shape index (κ3) is 3.37. The molecular formula is C20H19BrN2O2. The number of carbonyl (C=O) groups excluding carboxylic acids is 1. The molecule has 0 fully saturated rings. The van der Waals surface area contributed by atoms with E-state index in [1.54, 1.807) is 7.11 Å². The van der Waals surface area contributed by atoms with Gasteiger partial charge in [-0.05, 0) is 83.7 Å². The van der Waals surface area contributed by atoms with Crippen molar-refractivity contribution < 1.29 is 9.53 Å². The topological polar surface area (TPSA) is 41.9 Å². The predicted octanol–water partition coefficient (Wildman–Crippen LogP) is 4.88. The molecule has 0 aromatic heterocycles. The largest absolute Gasteiger partial charge is 0.496 e. The summed E-state index contributed by atoms with van der Waals surface area (Å²) in [5, 5.41) is 5.90. The maximum atomic E-state index is 12.8. The fourth-order valence-corrected chi connectivity index (χ4v) is 3.21. The van der Waals surface area contributed by atoms with E-state index >= 15 is 0 Å². The second-order valence-corrected chi connectivity index (χ2v) is 6.88. The lowest BCUT2D eigenvalue weighted by Gasteiger charge is -2.13. The lowest BCUT2D eigenvalue weighted by Crippen LogP contribution is -2.21. The highest BCUT2D eigenvalue weighted by atomic mass is 79.9. The molecule has 0 saturated carbocycles. The van der Waals surface area contributed by atoms with E-state index in [1.165, 1.54) is 10.6 Å². The maximum absolute atomic E-state index is 12.8. The fourth-order valence-electron chi connectivity index (χ4n) is 2.66. The molecule has 0 radical (unpaired) electrons. The Morgan fingerprint density at radius 2 is 1.84 bits per heavy atom. The van der Waals surface area contributed by atoms with Crippen molar-refractivity contribution in [1.82, 2.24) is 0 Å². The fraction of sp³-hybridized carbons (Fsp3) is 0.200. The molecule has 1 aliphatic heterocycles. The van der Waals surface area contributed by atoms with E-state index in [0.717, 1.165) is 27.0 Å². The number of halogens is 1. The van der Waals surface area contributed by atoms with Gasteiger partial charge in [-0.15, -0.1) is 0 Å². The number of anilines is 1. The molecule has 1 aliphatic rings. The molecule has 1 heterocycles. The lowest BCUT2D eigenvalue weighted by molar-refractivity contribution is -0.114. The lowest BCUT2D eigenvalue weighted by atomic mass is 10.1. The van der Waals surface area contributed by atoms with Gasteiger partial charge in [0.1, 0.15) is 5.75 Å². The van der Waals surface area contributed by atoms with Crippen LogP contribution in [0.5, 0.6) is 5.75 Å². The Morgan fingerprint density at radius 1 is 1.08 bits per heavy atom. The summed E-state index contributed by atoms with van der Waals surface area (Å²) in [5.74, 6) is 0.634. The number of nitrogens with zero attached hydrogens (tertiary/aromatic N) is 2. The van der Waals surface area contributed by atoms with Gasteiger partial charge in [-0.2, -0.15) is 10.1 Å². The minimum absolute atomic E-state index is 0.118. The summed E-state index contributed by atoms with van der Waals surface area (Å²) < 4.78 is 6.08. The number of hydrazone groups is 1. The van der Waals surface area contributed by atoms with E-state index in [1.807, 2.05) is 63.2 Å².